The summed E-state index contributed by atoms with van der Waals surface area (Å²) in [6.07, 6.45) is 2.57. The van der Waals surface area contributed by atoms with Gasteiger partial charge in [0.05, 0.1) is 18.7 Å². The van der Waals surface area contributed by atoms with Gasteiger partial charge in [0.1, 0.15) is 6.54 Å². The molecule has 1 aliphatic rings. The van der Waals surface area contributed by atoms with Crippen molar-refractivity contribution >= 4 is 29.4 Å². The smallest absolute Gasteiger partial charge is 0.326 e. The summed E-state index contributed by atoms with van der Waals surface area (Å²) in [4.78, 5) is 38.4. The summed E-state index contributed by atoms with van der Waals surface area (Å²) in [7, 11) is 0. The summed E-state index contributed by atoms with van der Waals surface area (Å²) >= 11 is 0. The Morgan fingerprint density at radius 2 is 1.79 bits per heavy atom. The van der Waals surface area contributed by atoms with E-state index in [0.29, 0.717) is 11.3 Å². The first-order chi connectivity index (χ1) is 13.5. The Hall–Kier alpha value is -3.25. The van der Waals surface area contributed by atoms with Gasteiger partial charge in [-0.15, -0.1) is 0 Å². The van der Waals surface area contributed by atoms with Gasteiger partial charge in [0, 0.05) is 5.56 Å². The molecule has 0 spiro atoms. The first-order valence-corrected chi connectivity index (χ1v) is 9.01. The largest absolute Gasteiger partial charge is 0.465 e. The molecular formula is C22H21NO5. The van der Waals surface area contributed by atoms with E-state index in [1.165, 1.54) is 11.0 Å². The van der Waals surface area contributed by atoms with Crippen LogP contribution in [0.25, 0.3) is 6.08 Å². The van der Waals surface area contributed by atoms with Gasteiger partial charge >= 0.3 is 5.97 Å². The summed E-state index contributed by atoms with van der Waals surface area (Å²) in [6.45, 7) is 1.54. The highest BCUT2D eigenvalue weighted by atomic mass is 16.5. The van der Waals surface area contributed by atoms with Crippen LogP contribution in [-0.2, 0) is 24.7 Å². The second-order valence-electron chi connectivity index (χ2n) is 6.46. The average molecular weight is 379 g/mol. The van der Waals surface area contributed by atoms with E-state index in [-0.39, 0.29) is 13.2 Å². The number of ether oxygens (including phenoxy) is 1. The van der Waals surface area contributed by atoms with Gasteiger partial charge in [0.25, 0.3) is 5.91 Å². The van der Waals surface area contributed by atoms with Crippen LogP contribution in [0.4, 0.5) is 5.69 Å². The number of rotatable bonds is 7. The summed E-state index contributed by atoms with van der Waals surface area (Å²) in [5, 5.41) is 11.1. The number of ketones is 1. The second kappa shape index (κ2) is 8.19. The molecular weight excluding hydrogens is 358 g/mol. The number of carbonyl (C=O) groups excluding carboxylic acids is 3. The van der Waals surface area contributed by atoms with Gasteiger partial charge < -0.3 is 9.84 Å². The molecule has 2 aromatic rings. The summed E-state index contributed by atoms with van der Waals surface area (Å²) in [6, 6.07) is 15.9. The zero-order valence-electron chi connectivity index (χ0n) is 15.5. The van der Waals surface area contributed by atoms with Crippen LogP contribution in [0, 0.1) is 0 Å². The number of fused-ring (bicyclic) bond motifs is 1. The van der Waals surface area contributed by atoms with Crippen LogP contribution in [0.2, 0.25) is 0 Å². The van der Waals surface area contributed by atoms with Crippen LogP contribution in [0.15, 0.2) is 60.7 Å². The molecule has 6 heteroatoms. The molecule has 0 saturated carbocycles. The molecule has 0 fully saturated rings. The van der Waals surface area contributed by atoms with Gasteiger partial charge in [-0.2, -0.15) is 0 Å². The average Bonchev–Trinajstić information content (AvgIpc) is 2.89. The van der Waals surface area contributed by atoms with Crippen molar-refractivity contribution in [2.75, 3.05) is 18.1 Å². The predicted molar refractivity (Wildman–Crippen MR) is 104 cm³/mol. The molecule has 1 aliphatic heterocycles. The number of esters is 1. The standard InChI is InChI=1S/C22H21NO5/c1-2-28-20(25)15-23-19-11-7-6-10-18(19)22(27,21(23)26)14-17(24)13-12-16-8-4-3-5-9-16/h3-13,27H,2,14-15H2,1H3. The fraction of sp³-hybridized carbons (Fsp3) is 0.227. The number of hydrogen-bond donors (Lipinski definition) is 1. The van der Waals surface area contributed by atoms with Crippen LogP contribution in [-0.4, -0.2) is 35.9 Å². The zero-order valence-corrected chi connectivity index (χ0v) is 15.5. The van der Waals surface area contributed by atoms with Crippen molar-refractivity contribution in [3.63, 3.8) is 0 Å². The maximum absolute atomic E-state index is 12.9. The number of carbonyl (C=O) groups is 3. The highest BCUT2D eigenvalue weighted by Gasteiger charge is 2.50. The number of hydrogen-bond acceptors (Lipinski definition) is 5. The molecule has 28 heavy (non-hydrogen) atoms. The highest BCUT2D eigenvalue weighted by molar-refractivity contribution is 6.11. The molecule has 1 amide bonds. The van der Waals surface area contributed by atoms with E-state index in [1.807, 2.05) is 30.3 Å². The molecule has 1 unspecified atom stereocenters. The fourth-order valence-corrected chi connectivity index (χ4v) is 3.23. The fourth-order valence-electron chi connectivity index (χ4n) is 3.23. The molecule has 0 aromatic heterocycles. The van der Waals surface area contributed by atoms with Crippen LogP contribution in [0.1, 0.15) is 24.5 Å². The minimum atomic E-state index is -2.01. The molecule has 0 radical (unpaired) electrons. The number of amides is 1. The van der Waals surface area contributed by atoms with E-state index in [4.69, 9.17) is 4.74 Å². The van der Waals surface area contributed by atoms with Crippen molar-refractivity contribution in [3.8, 4) is 0 Å². The van der Waals surface area contributed by atoms with E-state index in [1.54, 1.807) is 37.3 Å². The molecule has 1 N–H and O–H groups in total. The Kier molecular flexibility index (Phi) is 5.70. The number of benzene rings is 2. The lowest BCUT2D eigenvalue weighted by Gasteiger charge is -2.21. The van der Waals surface area contributed by atoms with E-state index < -0.39 is 29.7 Å². The zero-order chi connectivity index (χ0) is 20.1. The van der Waals surface area contributed by atoms with Gasteiger partial charge in [-0.25, -0.2) is 0 Å². The lowest BCUT2D eigenvalue weighted by molar-refractivity contribution is -0.145. The molecule has 0 saturated heterocycles. The Bertz CT molecular complexity index is 922. The molecule has 6 nitrogen and oxygen atoms in total. The number of para-hydroxylation sites is 1. The van der Waals surface area contributed by atoms with Crippen molar-refractivity contribution in [2.45, 2.75) is 18.9 Å². The Balaban J connectivity index is 1.83. The third kappa shape index (κ3) is 3.87. The Labute approximate surface area is 163 Å². The number of aliphatic hydroxyl groups is 1. The summed E-state index contributed by atoms with van der Waals surface area (Å²) < 4.78 is 4.91. The third-order valence-corrected chi connectivity index (χ3v) is 4.52. The maximum atomic E-state index is 12.9. The van der Waals surface area contributed by atoms with Crippen molar-refractivity contribution < 1.29 is 24.2 Å². The summed E-state index contributed by atoms with van der Waals surface area (Å²) in [5.74, 6) is -1.68. The molecule has 1 atom stereocenters. The van der Waals surface area contributed by atoms with Crippen molar-refractivity contribution in [3.05, 3.63) is 71.8 Å². The van der Waals surface area contributed by atoms with Crippen LogP contribution in [0.5, 0.6) is 0 Å². The normalized spacial score (nSPS) is 18.4. The molecule has 2 aromatic carbocycles. The minimum absolute atomic E-state index is 0.190. The summed E-state index contributed by atoms with van der Waals surface area (Å²) in [5.41, 5.74) is -0.458. The van der Waals surface area contributed by atoms with E-state index in [9.17, 15) is 19.5 Å². The van der Waals surface area contributed by atoms with E-state index in [0.717, 1.165) is 5.56 Å². The molecule has 1 heterocycles. The van der Waals surface area contributed by atoms with Crippen LogP contribution >= 0.6 is 0 Å². The van der Waals surface area contributed by atoms with Gasteiger partial charge in [-0.05, 0) is 24.6 Å². The third-order valence-electron chi connectivity index (χ3n) is 4.52. The lowest BCUT2D eigenvalue weighted by Crippen LogP contribution is -2.43. The van der Waals surface area contributed by atoms with Gasteiger partial charge in [-0.3, -0.25) is 19.3 Å². The van der Waals surface area contributed by atoms with Crippen molar-refractivity contribution in [1.29, 1.82) is 0 Å². The van der Waals surface area contributed by atoms with E-state index in [2.05, 4.69) is 0 Å². The van der Waals surface area contributed by atoms with Gasteiger partial charge in [0.2, 0.25) is 0 Å². The quantitative estimate of drug-likeness (QED) is 0.590. The van der Waals surface area contributed by atoms with E-state index >= 15 is 0 Å². The van der Waals surface area contributed by atoms with Crippen molar-refractivity contribution in [1.82, 2.24) is 0 Å². The molecule has 144 valence electrons. The predicted octanol–water partition coefficient (Wildman–Crippen LogP) is 2.46. The van der Waals surface area contributed by atoms with Gasteiger partial charge in [-0.1, -0.05) is 54.6 Å². The monoisotopic (exact) mass is 379 g/mol. The first-order valence-electron chi connectivity index (χ1n) is 9.01. The Morgan fingerprint density at radius 1 is 1.11 bits per heavy atom. The Morgan fingerprint density at radius 3 is 2.50 bits per heavy atom. The highest BCUT2D eigenvalue weighted by Crippen LogP contribution is 2.42. The SMILES string of the molecule is CCOC(=O)CN1C(=O)C(O)(CC(=O)C=Cc2ccccc2)c2ccccc21. The molecule has 3 rings (SSSR count). The second-order valence-corrected chi connectivity index (χ2v) is 6.46. The van der Waals surface area contributed by atoms with Crippen LogP contribution in [0.3, 0.4) is 0 Å². The molecule has 0 aliphatic carbocycles. The van der Waals surface area contributed by atoms with Crippen LogP contribution < -0.4 is 4.90 Å². The number of allylic oxidation sites excluding steroid dienone is 1. The first kappa shape index (κ1) is 19.5. The molecule has 0 bridgehead atoms. The number of nitrogens with zero attached hydrogens (tertiary/aromatic N) is 1. The number of anilines is 1. The topological polar surface area (TPSA) is 83.9 Å². The van der Waals surface area contributed by atoms with Gasteiger partial charge in [0.15, 0.2) is 11.4 Å². The van der Waals surface area contributed by atoms with Crippen molar-refractivity contribution in [2.24, 2.45) is 0 Å². The maximum Gasteiger partial charge on any atom is 0.326 e. The lowest BCUT2D eigenvalue weighted by atomic mass is 9.89. The minimum Gasteiger partial charge on any atom is -0.465 e.